The molecule has 0 aliphatic carbocycles. The molecule has 0 heterocycles. The minimum atomic E-state index is 0.291. The van der Waals surface area contributed by atoms with Crippen molar-refractivity contribution >= 4 is 5.69 Å². The molecule has 0 spiro atoms. The van der Waals surface area contributed by atoms with Gasteiger partial charge in [-0.3, -0.25) is 0 Å². The van der Waals surface area contributed by atoms with Crippen LogP contribution in [0.25, 0.3) is 0 Å². The fourth-order valence-electron chi connectivity index (χ4n) is 2.44. The van der Waals surface area contributed by atoms with E-state index in [0.29, 0.717) is 11.5 Å². The van der Waals surface area contributed by atoms with E-state index in [2.05, 4.69) is 63.8 Å². The van der Waals surface area contributed by atoms with E-state index in [0.717, 1.165) is 25.9 Å². The summed E-state index contributed by atoms with van der Waals surface area (Å²) in [5.74, 6) is 0. The lowest BCUT2D eigenvalue weighted by atomic mass is 9.87. The zero-order valence-electron chi connectivity index (χ0n) is 13.2. The number of rotatable bonds is 6. The lowest BCUT2D eigenvalue weighted by Crippen LogP contribution is -2.32. The molecule has 0 amide bonds. The molecular formula is C17H30N2. The van der Waals surface area contributed by atoms with Crippen LogP contribution in [-0.2, 0) is 0 Å². The third kappa shape index (κ3) is 6.11. The molecule has 0 bridgehead atoms. The van der Waals surface area contributed by atoms with Crippen molar-refractivity contribution in [1.29, 1.82) is 0 Å². The van der Waals surface area contributed by atoms with Gasteiger partial charge < -0.3 is 10.6 Å². The van der Waals surface area contributed by atoms with Gasteiger partial charge in [-0.2, -0.15) is 0 Å². The highest BCUT2D eigenvalue weighted by atomic mass is 15.1. The minimum Gasteiger partial charge on any atom is -0.372 e. The Balaban J connectivity index is 2.51. The molecular weight excluding hydrogens is 232 g/mol. The van der Waals surface area contributed by atoms with Crippen LogP contribution < -0.4 is 10.6 Å². The van der Waals surface area contributed by atoms with Crippen molar-refractivity contribution in [1.82, 2.24) is 0 Å². The van der Waals surface area contributed by atoms with Crippen LogP contribution in [0.2, 0.25) is 0 Å². The number of anilines is 1. The van der Waals surface area contributed by atoms with Gasteiger partial charge in [0, 0.05) is 24.8 Å². The van der Waals surface area contributed by atoms with Gasteiger partial charge in [0.05, 0.1) is 0 Å². The summed E-state index contributed by atoms with van der Waals surface area (Å²) in [5.41, 5.74) is 9.17. The van der Waals surface area contributed by atoms with E-state index in [1.54, 1.807) is 0 Å². The molecule has 0 saturated heterocycles. The van der Waals surface area contributed by atoms with Crippen LogP contribution in [-0.4, -0.2) is 19.1 Å². The van der Waals surface area contributed by atoms with Crippen molar-refractivity contribution < 1.29 is 0 Å². The third-order valence-corrected chi connectivity index (χ3v) is 3.43. The molecule has 1 aromatic rings. The second-order valence-corrected chi connectivity index (χ2v) is 6.73. The number of aryl methyl sites for hydroxylation is 1. The highest BCUT2D eigenvalue weighted by molar-refractivity contribution is 5.47. The Morgan fingerprint density at radius 2 is 1.74 bits per heavy atom. The van der Waals surface area contributed by atoms with Crippen molar-refractivity contribution in [2.45, 2.75) is 53.5 Å². The van der Waals surface area contributed by atoms with E-state index in [1.807, 2.05) is 0 Å². The molecule has 2 nitrogen and oxygen atoms in total. The van der Waals surface area contributed by atoms with E-state index in [4.69, 9.17) is 5.73 Å². The van der Waals surface area contributed by atoms with Gasteiger partial charge in [-0.1, -0.05) is 38.5 Å². The average Bonchev–Trinajstić information content (AvgIpc) is 2.29. The first-order valence-electron chi connectivity index (χ1n) is 7.39. The second-order valence-electron chi connectivity index (χ2n) is 6.73. The molecule has 0 aromatic heterocycles. The van der Waals surface area contributed by atoms with Crippen LogP contribution >= 0.6 is 0 Å². The fraction of sp³-hybridized carbons (Fsp3) is 0.647. The summed E-state index contributed by atoms with van der Waals surface area (Å²) in [5, 5.41) is 0. The van der Waals surface area contributed by atoms with Crippen molar-refractivity contribution in [2.24, 2.45) is 11.1 Å². The molecule has 0 aliphatic heterocycles. The topological polar surface area (TPSA) is 29.3 Å². The number of benzene rings is 1. The van der Waals surface area contributed by atoms with Gasteiger partial charge in [0.2, 0.25) is 0 Å². The Labute approximate surface area is 119 Å². The maximum atomic E-state index is 6.24. The zero-order valence-corrected chi connectivity index (χ0v) is 13.2. The fourth-order valence-corrected chi connectivity index (χ4v) is 2.44. The van der Waals surface area contributed by atoms with Gasteiger partial charge in [0.1, 0.15) is 0 Å². The summed E-state index contributed by atoms with van der Waals surface area (Å²) >= 11 is 0. The third-order valence-electron chi connectivity index (χ3n) is 3.43. The number of nitrogens with zero attached hydrogens (tertiary/aromatic N) is 1. The van der Waals surface area contributed by atoms with Crippen LogP contribution in [0.5, 0.6) is 0 Å². The zero-order chi connectivity index (χ0) is 14.5. The Bertz CT molecular complexity index is 362. The standard InChI is InChI=1S/C17H30N2/c1-6-19(16-9-7-14(2)8-10-16)12-11-15(18)13-17(3,4)5/h7-10,15H,6,11-13,18H2,1-5H3. The first kappa shape index (κ1) is 16.0. The highest BCUT2D eigenvalue weighted by Gasteiger charge is 2.16. The predicted molar refractivity (Wildman–Crippen MR) is 85.7 cm³/mol. The molecule has 2 N–H and O–H groups in total. The Kier molecular flexibility index (Phi) is 5.86. The Morgan fingerprint density at radius 3 is 2.21 bits per heavy atom. The van der Waals surface area contributed by atoms with Crippen molar-refractivity contribution in [3.8, 4) is 0 Å². The highest BCUT2D eigenvalue weighted by Crippen LogP contribution is 2.22. The smallest absolute Gasteiger partial charge is 0.0366 e. The number of nitrogens with two attached hydrogens (primary N) is 1. The average molecular weight is 262 g/mol. The van der Waals surface area contributed by atoms with Gasteiger partial charge in [-0.25, -0.2) is 0 Å². The largest absolute Gasteiger partial charge is 0.372 e. The van der Waals surface area contributed by atoms with Crippen molar-refractivity contribution in [2.75, 3.05) is 18.0 Å². The van der Waals surface area contributed by atoms with Crippen LogP contribution in [0.15, 0.2) is 24.3 Å². The molecule has 2 heteroatoms. The number of hydrogen-bond donors (Lipinski definition) is 1. The van der Waals surface area contributed by atoms with E-state index >= 15 is 0 Å². The SMILES string of the molecule is CCN(CCC(N)CC(C)(C)C)c1ccc(C)cc1. The van der Waals surface area contributed by atoms with Gasteiger partial charge in [0.15, 0.2) is 0 Å². The summed E-state index contributed by atoms with van der Waals surface area (Å²) in [6.07, 6.45) is 2.14. The number of hydrogen-bond acceptors (Lipinski definition) is 2. The van der Waals surface area contributed by atoms with E-state index in [-0.39, 0.29) is 0 Å². The summed E-state index contributed by atoms with van der Waals surface area (Å²) < 4.78 is 0. The molecule has 0 fully saturated rings. The second kappa shape index (κ2) is 6.95. The van der Waals surface area contributed by atoms with Crippen molar-refractivity contribution in [3.63, 3.8) is 0 Å². The molecule has 1 atom stereocenters. The summed E-state index contributed by atoms with van der Waals surface area (Å²) in [6.45, 7) is 13.2. The van der Waals surface area contributed by atoms with Crippen LogP contribution in [0.1, 0.15) is 46.1 Å². The molecule has 19 heavy (non-hydrogen) atoms. The normalized spacial score (nSPS) is 13.4. The first-order valence-corrected chi connectivity index (χ1v) is 7.39. The monoisotopic (exact) mass is 262 g/mol. The first-order chi connectivity index (χ1) is 8.81. The van der Waals surface area contributed by atoms with E-state index in [9.17, 15) is 0 Å². The van der Waals surface area contributed by atoms with Crippen LogP contribution in [0, 0.1) is 12.3 Å². The predicted octanol–water partition coefficient (Wildman–Crippen LogP) is 3.97. The summed E-state index contributed by atoms with van der Waals surface area (Å²) in [7, 11) is 0. The molecule has 0 saturated carbocycles. The minimum absolute atomic E-state index is 0.291. The lowest BCUT2D eigenvalue weighted by molar-refractivity contribution is 0.332. The van der Waals surface area contributed by atoms with E-state index in [1.165, 1.54) is 11.3 Å². The van der Waals surface area contributed by atoms with Crippen LogP contribution in [0.3, 0.4) is 0 Å². The lowest BCUT2D eigenvalue weighted by Gasteiger charge is -2.27. The Morgan fingerprint density at radius 1 is 1.16 bits per heavy atom. The Hall–Kier alpha value is -1.02. The maximum absolute atomic E-state index is 6.24. The molecule has 1 unspecified atom stereocenters. The molecule has 1 aromatic carbocycles. The molecule has 1 rings (SSSR count). The van der Waals surface area contributed by atoms with Crippen LogP contribution in [0.4, 0.5) is 5.69 Å². The van der Waals surface area contributed by atoms with Crippen molar-refractivity contribution in [3.05, 3.63) is 29.8 Å². The van der Waals surface area contributed by atoms with Gasteiger partial charge in [-0.15, -0.1) is 0 Å². The van der Waals surface area contributed by atoms with Gasteiger partial charge >= 0.3 is 0 Å². The molecule has 0 radical (unpaired) electrons. The van der Waals surface area contributed by atoms with Gasteiger partial charge in [-0.05, 0) is 44.2 Å². The quantitative estimate of drug-likeness (QED) is 0.840. The molecule has 0 aliphatic rings. The summed E-state index contributed by atoms with van der Waals surface area (Å²) in [4.78, 5) is 2.40. The maximum Gasteiger partial charge on any atom is 0.0366 e. The van der Waals surface area contributed by atoms with E-state index < -0.39 is 0 Å². The molecule has 108 valence electrons. The van der Waals surface area contributed by atoms with Gasteiger partial charge in [0.25, 0.3) is 0 Å². The summed E-state index contributed by atoms with van der Waals surface area (Å²) in [6, 6.07) is 9.04.